The summed E-state index contributed by atoms with van der Waals surface area (Å²) in [5.41, 5.74) is 3.10. The van der Waals surface area contributed by atoms with Crippen molar-refractivity contribution in [1.29, 1.82) is 0 Å². The molecule has 59 heavy (non-hydrogen) atoms. The Hall–Kier alpha value is -5.68. The summed E-state index contributed by atoms with van der Waals surface area (Å²) in [5.74, 6) is -1.08. The first-order valence-corrected chi connectivity index (χ1v) is 22.1. The number of nitrogens with one attached hydrogen (secondary N) is 2. The first-order valence-electron chi connectivity index (χ1n) is 19.4. The molecule has 0 spiro atoms. The fourth-order valence-corrected chi connectivity index (χ4v) is 9.47. The molecule has 1 fully saturated rings. The zero-order valence-corrected chi connectivity index (χ0v) is 33.8. The molecule has 0 bridgehead atoms. The molecule has 0 unspecified atom stereocenters. The zero-order valence-electron chi connectivity index (χ0n) is 32.2. The summed E-state index contributed by atoms with van der Waals surface area (Å²) in [5, 5.41) is 6.20. The van der Waals surface area contributed by atoms with Crippen LogP contribution in [0.5, 0.6) is 0 Å². The fourth-order valence-electron chi connectivity index (χ4n) is 7.26. The number of hydrogen-bond acceptors (Lipinski definition) is 12. The second-order valence-electron chi connectivity index (χ2n) is 14.4. The van der Waals surface area contributed by atoms with E-state index in [0.29, 0.717) is 61.3 Å². The number of halogens is 1. The van der Waals surface area contributed by atoms with Gasteiger partial charge in [0.2, 0.25) is 0 Å². The van der Waals surface area contributed by atoms with Gasteiger partial charge in [0.05, 0.1) is 36.2 Å². The van der Waals surface area contributed by atoms with Gasteiger partial charge in [0.1, 0.15) is 23.1 Å². The first-order chi connectivity index (χ1) is 28.7. The molecule has 1 amide bonds. The maximum absolute atomic E-state index is 15.7. The molecule has 3 aromatic carbocycles. The Morgan fingerprint density at radius 1 is 0.949 bits per heavy atom. The normalized spacial score (nSPS) is 15.1. The molecule has 0 radical (unpaired) electrons. The summed E-state index contributed by atoms with van der Waals surface area (Å²) >= 11 is 1.67. The van der Waals surface area contributed by atoms with Crippen LogP contribution in [0.3, 0.4) is 0 Å². The lowest BCUT2D eigenvalue weighted by atomic mass is 9.94. The van der Waals surface area contributed by atoms with E-state index in [1.807, 2.05) is 47.4 Å². The second kappa shape index (κ2) is 18.1. The standard InChI is InChI=1S/C43H43FN8O5S2/c44-36-24-33(12-13-37(36)46-31(15-17-50-20-22-57-23-21-50)28-58-32-7-2-1-3-8-32)59(55,56)29-39(53)38-10-5-11-41(47-38)51-18-14-30-6-4-9-34(35(30)26-51)43(54)49-40-27-52-19-16-45-25-42(52)48-40/h1-13,16,19,24-25,27,31,46H,14-15,17-18,20-23,26,28-29H2,(H,49,54)/t31-/m1/s1. The highest BCUT2D eigenvalue weighted by atomic mass is 32.2. The van der Waals surface area contributed by atoms with Crippen LogP contribution in [0.15, 0.2) is 120 Å². The lowest BCUT2D eigenvalue weighted by Crippen LogP contribution is -2.39. The van der Waals surface area contributed by atoms with Crippen molar-refractivity contribution in [2.45, 2.75) is 35.2 Å². The highest BCUT2D eigenvalue weighted by Crippen LogP contribution is 2.28. The summed E-state index contributed by atoms with van der Waals surface area (Å²) in [7, 11) is -4.22. The number of anilines is 3. The van der Waals surface area contributed by atoms with E-state index in [4.69, 9.17) is 4.74 Å². The fraction of sp³-hybridized carbons (Fsp3) is 0.279. The van der Waals surface area contributed by atoms with Crippen molar-refractivity contribution in [3.63, 3.8) is 0 Å². The Balaban J connectivity index is 0.922. The van der Waals surface area contributed by atoms with E-state index in [0.717, 1.165) is 48.1 Å². The average Bonchev–Trinajstić information content (AvgIpc) is 3.67. The van der Waals surface area contributed by atoms with Crippen molar-refractivity contribution in [1.82, 2.24) is 24.3 Å². The van der Waals surface area contributed by atoms with Gasteiger partial charge in [-0.05, 0) is 72.5 Å². The van der Waals surface area contributed by atoms with Crippen molar-refractivity contribution in [3.05, 3.63) is 138 Å². The van der Waals surface area contributed by atoms with E-state index in [1.54, 1.807) is 59.1 Å². The first kappa shape index (κ1) is 40.1. The molecule has 304 valence electrons. The molecule has 16 heteroatoms. The Morgan fingerprint density at radius 3 is 2.59 bits per heavy atom. The Bertz CT molecular complexity index is 2540. The third kappa shape index (κ3) is 9.79. The molecular formula is C43H43FN8O5S2. The van der Waals surface area contributed by atoms with Gasteiger partial charge < -0.3 is 24.7 Å². The summed E-state index contributed by atoms with van der Waals surface area (Å²) < 4.78 is 50.0. The highest BCUT2D eigenvalue weighted by Gasteiger charge is 2.27. The van der Waals surface area contributed by atoms with Crippen molar-refractivity contribution in [2.24, 2.45) is 0 Å². The molecule has 0 aliphatic carbocycles. The molecule has 2 aliphatic rings. The van der Waals surface area contributed by atoms with E-state index in [2.05, 4.69) is 30.5 Å². The number of aromatic nitrogens is 4. The van der Waals surface area contributed by atoms with Gasteiger partial charge in [-0.3, -0.25) is 19.5 Å². The number of Topliss-reactive ketones (excluding diaryl/α,β-unsaturated/α-hetero) is 1. The van der Waals surface area contributed by atoms with Crippen LogP contribution in [0.2, 0.25) is 0 Å². The minimum atomic E-state index is -4.22. The molecule has 13 nitrogen and oxygen atoms in total. The third-order valence-electron chi connectivity index (χ3n) is 10.4. The van der Waals surface area contributed by atoms with Gasteiger partial charge >= 0.3 is 0 Å². The zero-order chi connectivity index (χ0) is 40.8. The van der Waals surface area contributed by atoms with Crippen LogP contribution >= 0.6 is 11.8 Å². The molecular weight excluding hydrogens is 792 g/mol. The summed E-state index contributed by atoms with van der Waals surface area (Å²) in [6.45, 7) is 4.79. The van der Waals surface area contributed by atoms with Gasteiger partial charge in [-0.15, -0.1) is 11.8 Å². The number of imidazole rings is 1. The largest absolute Gasteiger partial charge is 0.379 e. The van der Waals surface area contributed by atoms with Crippen LogP contribution in [-0.4, -0.2) is 101 Å². The minimum absolute atomic E-state index is 0.0259. The SMILES string of the molecule is O=C(CS(=O)(=O)c1ccc(N[C@H](CCN2CCOCC2)CSc2ccccc2)c(F)c1)c1cccc(N2CCc3cccc(C(=O)Nc4cn5ccncc5n4)c3C2)n1. The van der Waals surface area contributed by atoms with Gasteiger partial charge in [-0.1, -0.05) is 36.4 Å². The van der Waals surface area contributed by atoms with E-state index in [9.17, 15) is 18.0 Å². The van der Waals surface area contributed by atoms with Crippen molar-refractivity contribution < 1.29 is 27.1 Å². The van der Waals surface area contributed by atoms with E-state index in [-0.39, 0.29) is 28.2 Å². The van der Waals surface area contributed by atoms with Crippen LogP contribution in [-0.2, 0) is 27.5 Å². The number of thioether (sulfide) groups is 1. The summed E-state index contributed by atoms with van der Waals surface area (Å²) in [6.07, 6.45) is 8.07. The third-order valence-corrected chi connectivity index (χ3v) is 13.2. The van der Waals surface area contributed by atoms with Gasteiger partial charge in [-0.2, -0.15) is 0 Å². The van der Waals surface area contributed by atoms with Gasteiger partial charge in [-0.25, -0.2) is 22.8 Å². The number of sulfone groups is 1. The number of ether oxygens (including phenoxy) is 1. The van der Waals surface area contributed by atoms with Crippen LogP contribution in [0.25, 0.3) is 5.65 Å². The molecule has 8 rings (SSSR count). The number of benzene rings is 3. The molecule has 0 saturated carbocycles. The van der Waals surface area contributed by atoms with Crippen LogP contribution < -0.4 is 15.5 Å². The number of ketones is 1. The lowest BCUT2D eigenvalue weighted by Gasteiger charge is -2.31. The van der Waals surface area contributed by atoms with Crippen molar-refractivity contribution >= 4 is 56.3 Å². The van der Waals surface area contributed by atoms with E-state index < -0.39 is 27.2 Å². The van der Waals surface area contributed by atoms with Gasteiger partial charge in [0.15, 0.2) is 27.1 Å². The predicted molar refractivity (Wildman–Crippen MR) is 226 cm³/mol. The topological polar surface area (TPSA) is 151 Å². The Morgan fingerprint density at radius 2 is 1.78 bits per heavy atom. The van der Waals surface area contributed by atoms with Gasteiger partial charge in [0, 0.05) is 67.4 Å². The van der Waals surface area contributed by atoms with Gasteiger partial charge in [0.25, 0.3) is 5.91 Å². The number of amides is 1. The number of hydrogen-bond donors (Lipinski definition) is 2. The maximum Gasteiger partial charge on any atom is 0.257 e. The van der Waals surface area contributed by atoms with Crippen LogP contribution in [0.1, 0.15) is 38.4 Å². The average molecular weight is 835 g/mol. The van der Waals surface area contributed by atoms with Crippen molar-refractivity contribution in [3.8, 4) is 0 Å². The minimum Gasteiger partial charge on any atom is -0.379 e. The molecule has 5 heterocycles. The van der Waals surface area contributed by atoms with Crippen LogP contribution in [0.4, 0.5) is 21.7 Å². The molecule has 1 saturated heterocycles. The second-order valence-corrected chi connectivity index (χ2v) is 17.5. The summed E-state index contributed by atoms with van der Waals surface area (Å²) in [4.78, 5) is 45.1. The number of rotatable bonds is 15. The van der Waals surface area contributed by atoms with E-state index >= 15 is 4.39 Å². The lowest BCUT2D eigenvalue weighted by molar-refractivity contribution is 0.0370. The smallest absolute Gasteiger partial charge is 0.257 e. The Kier molecular flexibility index (Phi) is 12.3. The Labute approximate surface area is 346 Å². The molecule has 2 N–H and O–H groups in total. The number of nitrogens with zero attached hydrogens (tertiary/aromatic N) is 6. The number of carbonyl (C=O) groups is 2. The highest BCUT2D eigenvalue weighted by molar-refractivity contribution is 7.99. The number of fused-ring (bicyclic) bond motifs is 2. The molecule has 1 atom stereocenters. The van der Waals surface area contributed by atoms with Crippen molar-refractivity contribution in [2.75, 3.05) is 66.4 Å². The quantitative estimate of drug-likeness (QED) is 0.0919. The summed E-state index contributed by atoms with van der Waals surface area (Å²) in [6, 6.07) is 24.1. The molecule has 6 aromatic rings. The monoisotopic (exact) mass is 834 g/mol. The number of morpholine rings is 1. The molecule has 3 aromatic heterocycles. The number of pyridine rings is 1. The van der Waals surface area contributed by atoms with Crippen LogP contribution in [0, 0.1) is 5.82 Å². The molecule has 2 aliphatic heterocycles. The maximum atomic E-state index is 15.7. The number of carbonyl (C=O) groups excluding carboxylic acids is 2. The van der Waals surface area contributed by atoms with E-state index in [1.165, 1.54) is 18.2 Å². The predicted octanol–water partition coefficient (Wildman–Crippen LogP) is 6.03.